The van der Waals surface area contributed by atoms with Crippen LogP contribution in [0, 0.1) is 6.92 Å². The SMILES string of the molecule is Cc1cccc2c1nnn2C(C)N(C(C)O)C(C)O. The van der Waals surface area contributed by atoms with Gasteiger partial charge in [0.1, 0.15) is 24.1 Å². The summed E-state index contributed by atoms with van der Waals surface area (Å²) < 4.78 is 1.71. The number of aryl methyl sites for hydroxylation is 1. The molecule has 1 aromatic carbocycles. The van der Waals surface area contributed by atoms with Gasteiger partial charge >= 0.3 is 0 Å². The van der Waals surface area contributed by atoms with Crippen LogP contribution in [0.1, 0.15) is 32.5 Å². The average molecular weight is 264 g/mol. The van der Waals surface area contributed by atoms with Crippen molar-refractivity contribution in [2.24, 2.45) is 0 Å². The van der Waals surface area contributed by atoms with Gasteiger partial charge in [-0.25, -0.2) is 9.58 Å². The van der Waals surface area contributed by atoms with E-state index in [0.29, 0.717) is 0 Å². The summed E-state index contributed by atoms with van der Waals surface area (Å²) in [6.07, 6.45) is -1.86. The lowest BCUT2D eigenvalue weighted by molar-refractivity contribution is -0.124. The minimum absolute atomic E-state index is 0.299. The summed E-state index contributed by atoms with van der Waals surface area (Å²) in [7, 11) is 0. The van der Waals surface area contributed by atoms with Crippen LogP contribution in [0.4, 0.5) is 0 Å². The fourth-order valence-electron chi connectivity index (χ4n) is 2.44. The number of hydrogen-bond donors (Lipinski definition) is 2. The Morgan fingerprint density at radius 2 is 1.79 bits per heavy atom. The zero-order chi connectivity index (χ0) is 14.2. The van der Waals surface area contributed by atoms with E-state index in [0.717, 1.165) is 16.6 Å². The molecule has 0 amide bonds. The molecule has 2 aromatic rings. The van der Waals surface area contributed by atoms with E-state index in [4.69, 9.17) is 0 Å². The van der Waals surface area contributed by atoms with E-state index in [-0.39, 0.29) is 6.17 Å². The number of aliphatic hydroxyl groups excluding tert-OH is 2. The van der Waals surface area contributed by atoms with E-state index in [2.05, 4.69) is 10.3 Å². The summed E-state index contributed by atoms with van der Waals surface area (Å²) in [5.74, 6) is 0. The van der Waals surface area contributed by atoms with Gasteiger partial charge < -0.3 is 10.2 Å². The maximum absolute atomic E-state index is 9.78. The molecule has 0 aliphatic carbocycles. The molecule has 6 nitrogen and oxygen atoms in total. The minimum Gasteiger partial charge on any atom is -0.379 e. The van der Waals surface area contributed by atoms with E-state index in [1.807, 2.05) is 32.0 Å². The van der Waals surface area contributed by atoms with Crippen LogP contribution < -0.4 is 0 Å². The molecular weight excluding hydrogens is 244 g/mol. The number of hydrogen-bond acceptors (Lipinski definition) is 5. The number of fused-ring (bicyclic) bond motifs is 1. The molecule has 0 saturated carbocycles. The fraction of sp³-hybridized carbons (Fsp3) is 0.538. The standard InChI is InChI=1S/C13H20N4O2/c1-8-6-5-7-12-13(8)14-15-17(12)9(2)16(10(3)18)11(4)19/h5-7,9-11,18-19H,1-4H3. The summed E-state index contributed by atoms with van der Waals surface area (Å²) in [5.41, 5.74) is 2.78. The first-order valence-electron chi connectivity index (χ1n) is 6.37. The number of benzene rings is 1. The third kappa shape index (κ3) is 2.47. The lowest BCUT2D eigenvalue weighted by Crippen LogP contribution is -2.44. The largest absolute Gasteiger partial charge is 0.379 e. The van der Waals surface area contributed by atoms with E-state index < -0.39 is 12.5 Å². The van der Waals surface area contributed by atoms with Crippen LogP contribution in [0.25, 0.3) is 11.0 Å². The van der Waals surface area contributed by atoms with Gasteiger partial charge in [-0.2, -0.15) is 0 Å². The van der Waals surface area contributed by atoms with Crippen LogP contribution in [0.15, 0.2) is 18.2 Å². The second-order valence-electron chi connectivity index (χ2n) is 4.82. The second kappa shape index (κ2) is 5.24. The molecule has 0 spiro atoms. The van der Waals surface area contributed by atoms with Crippen molar-refractivity contribution in [1.82, 2.24) is 19.9 Å². The zero-order valence-corrected chi connectivity index (χ0v) is 11.6. The molecule has 0 aliphatic heterocycles. The van der Waals surface area contributed by atoms with Crippen LogP contribution in [-0.2, 0) is 0 Å². The Labute approximate surface area is 112 Å². The van der Waals surface area contributed by atoms with Crippen molar-refractivity contribution in [1.29, 1.82) is 0 Å². The van der Waals surface area contributed by atoms with Gasteiger partial charge in [-0.15, -0.1) is 5.10 Å². The first-order valence-corrected chi connectivity index (χ1v) is 6.37. The topological polar surface area (TPSA) is 74.4 Å². The molecule has 0 radical (unpaired) electrons. The second-order valence-corrected chi connectivity index (χ2v) is 4.82. The number of aliphatic hydroxyl groups is 2. The summed E-state index contributed by atoms with van der Waals surface area (Å²) >= 11 is 0. The normalized spacial score (nSPS) is 16.8. The molecule has 2 rings (SSSR count). The summed E-state index contributed by atoms with van der Waals surface area (Å²) in [6.45, 7) is 7.09. The van der Waals surface area contributed by atoms with Crippen molar-refractivity contribution >= 4 is 11.0 Å². The third-order valence-corrected chi connectivity index (χ3v) is 3.35. The van der Waals surface area contributed by atoms with Gasteiger partial charge in [-0.1, -0.05) is 17.3 Å². The van der Waals surface area contributed by atoms with Crippen LogP contribution in [0.2, 0.25) is 0 Å². The van der Waals surface area contributed by atoms with Crippen LogP contribution in [0.5, 0.6) is 0 Å². The summed E-state index contributed by atoms with van der Waals surface area (Å²) in [4.78, 5) is 1.55. The van der Waals surface area contributed by atoms with E-state index in [1.54, 1.807) is 23.4 Å². The van der Waals surface area contributed by atoms with Gasteiger partial charge in [0.2, 0.25) is 0 Å². The minimum atomic E-state index is -0.779. The molecule has 0 fully saturated rings. The Bertz CT molecular complexity index is 557. The Morgan fingerprint density at radius 3 is 2.37 bits per heavy atom. The molecule has 0 bridgehead atoms. The van der Waals surface area contributed by atoms with E-state index in [9.17, 15) is 10.2 Å². The van der Waals surface area contributed by atoms with E-state index in [1.165, 1.54) is 0 Å². The highest BCUT2D eigenvalue weighted by Crippen LogP contribution is 2.23. The highest BCUT2D eigenvalue weighted by molar-refractivity contribution is 5.77. The highest BCUT2D eigenvalue weighted by Gasteiger charge is 2.26. The van der Waals surface area contributed by atoms with Crippen LogP contribution >= 0.6 is 0 Å². The maximum atomic E-state index is 9.78. The Kier molecular flexibility index (Phi) is 3.84. The van der Waals surface area contributed by atoms with Gasteiger partial charge in [0.15, 0.2) is 0 Å². The molecular formula is C13H20N4O2. The van der Waals surface area contributed by atoms with Crippen molar-refractivity contribution in [3.8, 4) is 0 Å². The average Bonchev–Trinajstić information content (AvgIpc) is 2.73. The third-order valence-electron chi connectivity index (χ3n) is 3.35. The fourth-order valence-corrected chi connectivity index (χ4v) is 2.44. The Balaban J connectivity index is 2.46. The van der Waals surface area contributed by atoms with Gasteiger partial charge in [-0.05, 0) is 39.3 Å². The monoisotopic (exact) mass is 264 g/mol. The molecule has 3 atom stereocenters. The predicted octanol–water partition coefficient (Wildman–Crippen LogP) is 1.24. The van der Waals surface area contributed by atoms with Crippen LogP contribution in [0.3, 0.4) is 0 Å². The van der Waals surface area contributed by atoms with Gasteiger partial charge in [0.25, 0.3) is 0 Å². The first-order chi connectivity index (χ1) is 8.93. The molecule has 104 valence electrons. The van der Waals surface area contributed by atoms with Gasteiger partial charge in [0, 0.05) is 0 Å². The Morgan fingerprint density at radius 1 is 1.16 bits per heavy atom. The van der Waals surface area contributed by atoms with Crippen LogP contribution in [-0.4, -0.2) is 42.6 Å². The van der Waals surface area contributed by atoms with E-state index >= 15 is 0 Å². The molecule has 1 aromatic heterocycles. The summed E-state index contributed by atoms with van der Waals surface area (Å²) in [5, 5.41) is 27.9. The molecule has 3 unspecified atom stereocenters. The maximum Gasteiger partial charge on any atom is 0.116 e. The molecule has 1 heterocycles. The lowest BCUT2D eigenvalue weighted by atomic mass is 10.2. The van der Waals surface area contributed by atoms with Gasteiger partial charge in [-0.3, -0.25) is 0 Å². The first kappa shape index (κ1) is 13.9. The van der Waals surface area contributed by atoms with Crippen molar-refractivity contribution in [3.63, 3.8) is 0 Å². The molecule has 2 N–H and O–H groups in total. The lowest BCUT2D eigenvalue weighted by Gasteiger charge is -2.33. The smallest absolute Gasteiger partial charge is 0.116 e. The van der Waals surface area contributed by atoms with Gasteiger partial charge in [0.05, 0.1) is 5.52 Å². The number of nitrogens with zero attached hydrogens (tertiary/aromatic N) is 4. The highest BCUT2D eigenvalue weighted by atomic mass is 16.3. The van der Waals surface area contributed by atoms with Crippen molar-refractivity contribution in [2.45, 2.75) is 46.3 Å². The van der Waals surface area contributed by atoms with Crippen molar-refractivity contribution in [3.05, 3.63) is 23.8 Å². The quantitative estimate of drug-likeness (QED) is 0.813. The number of rotatable bonds is 4. The van der Waals surface area contributed by atoms with Crippen molar-refractivity contribution in [2.75, 3.05) is 0 Å². The zero-order valence-electron chi connectivity index (χ0n) is 11.6. The number of aromatic nitrogens is 3. The summed E-state index contributed by atoms with van der Waals surface area (Å²) in [6, 6.07) is 5.85. The predicted molar refractivity (Wildman–Crippen MR) is 72.2 cm³/mol. The molecule has 19 heavy (non-hydrogen) atoms. The molecule has 0 aliphatic rings. The molecule has 0 saturated heterocycles. The van der Waals surface area contributed by atoms with Crippen molar-refractivity contribution < 1.29 is 10.2 Å². The molecule has 6 heteroatoms. The Hall–Kier alpha value is -1.50.